The molecule has 0 spiro atoms. The SMILES string of the molecule is C=CC(=O)OCCCOc1cccc(OCCOCCOC(=O)C=C)c1. The summed E-state index contributed by atoms with van der Waals surface area (Å²) in [7, 11) is 0. The molecule has 0 bridgehead atoms. The quantitative estimate of drug-likeness (QED) is 0.285. The van der Waals surface area contributed by atoms with Crippen molar-refractivity contribution in [1.82, 2.24) is 0 Å². The summed E-state index contributed by atoms with van der Waals surface area (Å²) in [6.07, 6.45) is 2.81. The number of benzene rings is 1. The van der Waals surface area contributed by atoms with Crippen LogP contribution in [-0.4, -0.2) is 51.6 Å². The lowest BCUT2D eigenvalue weighted by atomic mass is 10.3. The van der Waals surface area contributed by atoms with Crippen LogP contribution in [0.5, 0.6) is 11.5 Å². The zero-order valence-corrected chi connectivity index (χ0v) is 14.7. The molecule has 0 fully saturated rings. The second kappa shape index (κ2) is 13.5. The van der Waals surface area contributed by atoms with Gasteiger partial charge in [0.05, 0.1) is 26.4 Å². The van der Waals surface area contributed by atoms with E-state index in [2.05, 4.69) is 13.2 Å². The standard InChI is InChI=1S/C19H24O7/c1-3-18(20)25-10-6-9-23-16-7-5-8-17(15-16)24-13-11-22-12-14-26-19(21)4-2/h3-5,7-8,15H,1-2,6,9-14H2. The molecule has 1 aromatic carbocycles. The number of hydrogen-bond acceptors (Lipinski definition) is 7. The van der Waals surface area contributed by atoms with E-state index in [1.807, 2.05) is 18.2 Å². The molecule has 7 heteroatoms. The van der Waals surface area contributed by atoms with Crippen LogP contribution >= 0.6 is 0 Å². The number of carbonyl (C=O) groups excluding carboxylic acids is 2. The molecule has 1 rings (SSSR count). The molecule has 0 heterocycles. The van der Waals surface area contributed by atoms with Gasteiger partial charge in [-0.15, -0.1) is 0 Å². The number of ether oxygens (including phenoxy) is 5. The molecule has 0 radical (unpaired) electrons. The summed E-state index contributed by atoms with van der Waals surface area (Å²) >= 11 is 0. The average Bonchev–Trinajstić information content (AvgIpc) is 2.66. The van der Waals surface area contributed by atoms with Crippen molar-refractivity contribution >= 4 is 11.9 Å². The predicted molar refractivity (Wildman–Crippen MR) is 95.2 cm³/mol. The van der Waals surface area contributed by atoms with Crippen molar-refractivity contribution in [3.05, 3.63) is 49.6 Å². The first-order valence-corrected chi connectivity index (χ1v) is 8.17. The average molecular weight is 364 g/mol. The Bertz CT molecular complexity index is 583. The highest BCUT2D eigenvalue weighted by Crippen LogP contribution is 2.19. The summed E-state index contributed by atoms with van der Waals surface area (Å²) in [4.78, 5) is 21.7. The van der Waals surface area contributed by atoms with Crippen LogP contribution in [0.2, 0.25) is 0 Å². The van der Waals surface area contributed by atoms with Crippen LogP contribution in [0.3, 0.4) is 0 Å². The van der Waals surface area contributed by atoms with Gasteiger partial charge in [0.15, 0.2) is 0 Å². The van der Waals surface area contributed by atoms with E-state index >= 15 is 0 Å². The van der Waals surface area contributed by atoms with Gasteiger partial charge in [0.2, 0.25) is 0 Å². The second-order valence-electron chi connectivity index (χ2n) is 4.88. The smallest absolute Gasteiger partial charge is 0.330 e. The first-order chi connectivity index (χ1) is 12.7. The predicted octanol–water partition coefficient (Wildman–Crippen LogP) is 2.31. The number of hydrogen-bond donors (Lipinski definition) is 0. The normalized spacial score (nSPS) is 9.85. The maximum Gasteiger partial charge on any atom is 0.330 e. The molecule has 0 unspecified atom stereocenters. The first-order valence-electron chi connectivity index (χ1n) is 8.17. The van der Waals surface area contributed by atoms with Crippen LogP contribution in [0.4, 0.5) is 0 Å². The summed E-state index contributed by atoms with van der Waals surface area (Å²) in [6.45, 7) is 8.51. The van der Waals surface area contributed by atoms with Gasteiger partial charge < -0.3 is 23.7 Å². The molecule has 0 aromatic heterocycles. The molecule has 0 atom stereocenters. The molecule has 0 aliphatic carbocycles. The molecular weight excluding hydrogens is 340 g/mol. The number of rotatable bonds is 14. The van der Waals surface area contributed by atoms with Gasteiger partial charge in [-0.2, -0.15) is 0 Å². The van der Waals surface area contributed by atoms with E-state index in [1.54, 1.807) is 6.07 Å². The van der Waals surface area contributed by atoms with Gasteiger partial charge in [0, 0.05) is 24.6 Å². The Morgan fingerprint density at radius 2 is 1.38 bits per heavy atom. The topological polar surface area (TPSA) is 80.3 Å². The highest BCUT2D eigenvalue weighted by Gasteiger charge is 2.00. The minimum atomic E-state index is -0.472. The van der Waals surface area contributed by atoms with Gasteiger partial charge in [-0.3, -0.25) is 0 Å². The van der Waals surface area contributed by atoms with E-state index in [0.29, 0.717) is 44.3 Å². The van der Waals surface area contributed by atoms with Gasteiger partial charge in [-0.25, -0.2) is 9.59 Å². The van der Waals surface area contributed by atoms with Gasteiger partial charge >= 0.3 is 11.9 Å². The van der Waals surface area contributed by atoms with E-state index in [4.69, 9.17) is 23.7 Å². The molecule has 1 aromatic rings. The summed E-state index contributed by atoms with van der Waals surface area (Å²) in [6, 6.07) is 7.21. The van der Waals surface area contributed by atoms with Crippen LogP contribution in [0.1, 0.15) is 6.42 Å². The van der Waals surface area contributed by atoms with Crippen molar-refractivity contribution in [2.45, 2.75) is 6.42 Å². The third-order valence-electron chi connectivity index (χ3n) is 2.91. The van der Waals surface area contributed by atoms with Crippen LogP contribution < -0.4 is 9.47 Å². The molecule has 0 N–H and O–H groups in total. The van der Waals surface area contributed by atoms with E-state index in [-0.39, 0.29) is 13.2 Å². The minimum Gasteiger partial charge on any atom is -0.493 e. The Labute approximate surface area is 153 Å². The van der Waals surface area contributed by atoms with E-state index in [1.165, 1.54) is 0 Å². The van der Waals surface area contributed by atoms with Crippen LogP contribution in [0, 0.1) is 0 Å². The zero-order valence-electron chi connectivity index (χ0n) is 14.7. The molecular formula is C19H24O7. The van der Waals surface area contributed by atoms with Crippen molar-refractivity contribution < 1.29 is 33.3 Å². The molecule has 0 aliphatic rings. The summed E-state index contributed by atoms with van der Waals surface area (Å²) < 4.78 is 26.0. The highest BCUT2D eigenvalue weighted by atomic mass is 16.6. The fraction of sp³-hybridized carbons (Fsp3) is 0.368. The molecule has 7 nitrogen and oxygen atoms in total. The summed E-state index contributed by atoms with van der Waals surface area (Å²) in [5.41, 5.74) is 0. The number of esters is 2. The maximum atomic E-state index is 10.9. The van der Waals surface area contributed by atoms with E-state index in [0.717, 1.165) is 12.2 Å². The minimum absolute atomic E-state index is 0.177. The second-order valence-corrected chi connectivity index (χ2v) is 4.88. The summed E-state index contributed by atoms with van der Waals surface area (Å²) in [5.74, 6) is 0.402. The molecule has 0 amide bonds. The van der Waals surface area contributed by atoms with Crippen molar-refractivity contribution in [3.63, 3.8) is 0 Å². The number of carbonyl (C=O) groups is 2. The van der Waals surface area contributed by atoms with E-state index in [9.17, 15) is 9.59 Å². The Balaban J connectivity index is 2.13. The monoisotopic (exact) mass is 364 g/mol. The Hall–Kier alpha value is -2.80. The molecule has 0 saturated heterocycles. The molecule has 26 heavy (non-hydrogen) atoms. The lowest BCUT2D eigenvalue weighted by Gasteiger charge is -2.10. The third kappa shape index (κ3) is 10.1. The van der Waals surface area contributed by atoms with Gasteiger partial charge in [-0.05, 0) is 12.1 Å². The molecule has 0 saturated carbocycles. The Kier molecular flexibility index (Phi) is 11.0. The van der Waals surface area contributed by atoms with Crippen LogP contribution in [0.15, 0.2) is 49.6 Å². The fourth-order valence-electron chi connectivity index (χ4n) is 1.72. The largest absolute Gasteiger partial charge is 0.493 e. The Morgan fingerprint density at radius 1 is 0.808 bits per heavy atom. The zero-order chi connectivity index (χ0) is 19.0. The van der Waals surface area contributed by atoms with Crippen LogP contribution in [0.25, 0.3) is 0 Å². The molecule has 142 valence electrons. The van der Waals surface area contributed by atoms with Crippen molar-refractivity contribution in [1.29, 1.82) is 0 Å². The third-order valence-corrected chi connectivity index (χ3v) is 2.91. The first kappa shape index (κ1) is 21.2. The summed E-state index contributed by atoms with van der Waals surface area (Å²) in [5, 5.41) is 0. The van der Waals surface area contributed by atoms with Gasteiger partial charge in [-0.1, -0.05) is 19.2 Å². The fourth-order valence-corrected chi connectivity index (χ4v) is 1.72. The van der Waals surface area contributed by atoms with Gasteiger partial charge in [0.1, 0.15) is 24.7 Å². The van der Waals surface area contributed by atoms with Crippen molar-refractivity contribution in [2.24, 2.45) is 0 Å². The van der Waals surface area contributed by atoms with Crippen LogP contribution in [-0.2, 0) is 23.8 Å². The Morgan fingerprint density at radius 3 is 2.04 bits per heavy atom. The van der Waals surface area contributed by atoms with Crippen molar-refractivity contribution in [2.75, 3.05) is 39.6 Å². The van der Waals surface area contributed by atoms with Crippen molar-refractivity contribution in [3.8, 4) is 11.5 Å². The maximum absolute atomic E-state index is 10.9. The molecule has 0 aliphatic heterocycles. The van der Waals surface area contributed by atoms with Gasteiger partial charge in [0.25, 0.3) is 0 Å². The lowest BCUT2D eigenvalue weighted by molar-refractivity contribution is -0.139. The van der Waals surface area contributed by atoms with E-state index < -0.39 is 11.9 Å². The lowest BCUT2D eigenvalue weighted by Crippen LogP contribution is -2.12. The highest BCUT2D eigenvalue weighted by molar-refractivity contribution is 5.81.